The molecule has 0 spiro atoms. The van der Waals surface area contributed by atoms with E-state index in [1.807, 2.05) is 12.3 Å². The predicted molar refractivity (Wildman–Crippen MR) is 126 cm³/mol. The van der Waals surface area contributed by atoms with Gasteiger partial charge >= 0.3 is 0 Å². The second-order valence-electron chi connectivity index (χ2n) is 9.35. The molecule has 0 bridgehead atoms. The smallest absolute Gasteiger partial charge is 0.178 e. The average molecular weight is 402 g/mol. The third kappa shape index (κ3) is 5.16. The van der Waals surface area contributed by atoms with Crippen molar-refractivity contribution < 1.29 is 4.79 Å². The minimum absolute atomic E-state index is 0.0219. The van der Waals surface area contributed by atoms with Crippen LogP contribution in [0.4, 0.5) is 0 Å². The van der Waals surface area contributed by atoms with Gasteiger partial charge in [-0.05, 0) is 84.6 Å². The van der Waals surface area contributed by atoms with Crippen LogP contribution in [0.1, 0.15) is 73.1 Å². The maximum Gasteiger partial charge on any atom is 0.178 e. The summed E-state index contributed by atoms with van der Waals surface area (Å²) in [5.41, 5.74) is 6.80. The van der Waals surface area contributed by atoms with Gasteiger partial charge in [-0.2, -0.15) is 0 Å². The molecule has 3 atom stereocenters. The van der Waals surface area contributed by atoms with E-state index in [0.29, 0.717) is 29.4 Å². The fraction of sp³-hybridized carbons (Fsp3) is 0.429. The molecule has 0 amide bonds. The monoisotopic (exact) mass is 401 g/mol. The highest BCUT2D eigenvalue weighted by molar-refractivity contribution is 5.91. The quantitative estimate of drug-likeness (QED) is 0.366. The van der Waals surface area contributed by atoms with Crippen molar-refractivity contribution in [1.82, 2.24) is 4.98 Å². The molecule has 1 aliphatic carbocycles. The Morgan fingerprint density at radius 3 is 2.37 bits per heavy atom. The number of nitrogens with zero attached hydrogens (tertiary/aromatic N) is 1. The van der Waals surface area contributed by atoms with Crippen LogP contribution in [-0.4, -0.2) is 10.8 Å². The van der Waals surface area contributed by atoms with Gasteiger partial charge in [0.15, 0.2) is 5.78 Å². The van der Waals surface area contributed by atoms with Crippen LogP contribution in [0, 0.1) is 24.7 Å². The molecule has 2 nitrogen and oxygen atoms in total. The molecule has 3 unspecified atom stereocenters. The van der Waals surface area contributed by atoms with Crippen molar-refractivity contribution in [3.8, 4) is 0 Å². The molecule has 30 heavy (non-hydrogen) atoms. The fourth-order valence-electron chi connectivity index (χ4n) is 4.86. The van der Waals surface area contributed by atoms with Gasteiger partial charge < -0.3 is 0 Å². The Hall–Kier alpha value is -2.48. The molecule has 1 heterocycles. The third-order valence-electron chi connectivity index (χ3n) is 6.81. The van der Waals surface area contributed by atoms with Gasteiger partial charge in [-0.15, -0.1) is 0 Å². The summed E-state index contributed by atoms with van der Waals surface area (Å²) in [5, 5.41) is 0. The average Bonchev–Trinajstić information content (AvgIpc) is 2.74. The van der Waals surface area contributed by atoms with Crippen LogP contribution in [0.15, 0.2) is 66.9 Å². The van der Waals surface area contributed by atoms with E-state index in [1.165, 1.54) is 27.8 Å². The number of pyridine rings is 1. The van der Waals surface area contributed by atoms with E-state index in [4.69, 9.17) is 0 Å². The summed E-state index contributed by atoms with van der Waals surface area (Å²) in [7, 11) is 0. The lowest BCUT2D eigenvalue weighted by Crippen LogP contribution is -2.29. The number of hydrogen-bond donors (Lipinski definition) is 0. The first-order chi connectivity index (χ1) is 14.3. The van der Waals surface area contributed by atoms with Crippen molar-refractivity contribution in [3.63, 3.8) is 0 Å². The van der Waals surface area contributed by atoms with Crippen molar-refractivity contribution in [2.45, 2.75) is 59.3 Å². The number of benzene rings is 1. The van der Waals surface area contributed by atoms with Crippen LogP contribution in [0.3, 0.4) is 0 Å². The van der Waals surface area contributed by atoms with E-state index in [-0.39, 0.29) is 5.78 Å². The summed E-state index contributed by atoms with van der Waals surface area (Å²) < 4.78 is 0. The lowest BCUT2D eigenvalue weighted by molar-refractivity contribution is 0.101. The van der Waals surface area contributed by atoms with Gasteiger partial charge in [0.25, 0.3) is 0 Å². The molecule has 0 radical (unpaired) electrons. The topological polar surface area (TPSA) is 30.0 Å². The maximum absolute atomic E-state index is 11.5. The van der Waals surface area contributed by atoms with E-state index in [9.17, 15) is 4.79 Å². The van der Waals surface area contributed by atoms with Crippen LogP contribution in [-0.2, 0) is 6.42 Å². The summed E-state index contributed by atoms with van der Waals surface area (Å²) in [4.78, 5) is 15.9. The highest BCUT2D eigenvalue weighted by Crippen LogP contribution is 2.46. The summed E-state index contributed by atoms with van der Waals surface area (Å²) in [5.74, 6) is 2.18. The number of ketones is 1. The standard InChI is InChI=1S/C28H35NO/c1-18(2)27-16-24(25-12-14-28(22(6)30)29-17-25)11-13-26(27)21(5)20(4)15-23-9-7-19(3)8-10-23/h7-10,12,14,17-18,24,26-27H,4-5,11,13,15-16H2,1-3,6H3. The fourth-order valence-corrected chi connectivity index (χ4v) is 4.86. The first-order valence-electron chi connectivity index (χ1n) is 11.2. The second kappa shape index (κ2) is 9.55. The Kier molecular flexibility index (Phi) is 7.07. The van der Waals surface area contributed by atoms with Gasteiger partial charge in [0.05, 0.1) is 0 Å². The Bertz CT molecular complexity index is 905. The highest BCUT2D eigenvalue weighted by atomic mass is 16.1. The number of Topliss-reactive ketones (excluding diaryl/α,β-unsaturated/α-hetero) is 1. The molecular formula is C28H35NO. The SMILES string of the molecule is C=C(Cc1ccc(C)cc1)C(=C)C1CCC(c2ccc(C(C)=O)nc2)CC1C(C)C. The zero-order chi connectivity index (χ0) is 21.8. The Labute approximate surface area is 182 Å². The molecule has 0 aliphatic heterocycles. The van der Waals surface area contributed by atoms with Crippen LogP contribution in [0.25, 0.3) is 0 Å². The van der Waals surface area contributed by atoms with Gasteiger partial charge in [-0.25, -0.2) is 0 Å². The normalized spacial score (nSPS) is 21.4. The molecule has 3 rings (SSSR count). The molecule has 0 saturated heterocycles. The number of carbonyl (C=O) groups excluding carboxylic acids is 1. The molecule has 158 valence electrons. The van der Waals surface area contributed by atoms with Gasteiger partial charge in [0, 0.05) is 13.1 Å². The number of rotatable bonds is 7. The van der Waals surface area contributed by atoms with Crippen LogP contribution in [0.5, 0.6) is 0 Å². The zero-order valence-corrected chi connectivity index (χ0v) is 18.9. The molecule has 1 aromatic carbocycles. The van der Waals surface area contributed by atoms with Crippen LogP contribution in [0.2, 0.25) is 0 Å². The molecule has 2 aromatic rings. The summed E-state index contributed by atoms with van der Waals surface area (Å²) in [6.07, 6.45) is 6.18. The van der Waals surface area contributed by atoms with E-state index in [0.717, 1.165) is 25.7 Å². The number of allylic oxidation sites excluding steroid dienone is 2. The Morgan fingerprint density at radius 1 is 1.10 bits per heavy atom. The van der Waals surface area contributed by atoms with Crippen molar-refractivity contribution in [2.75, 3.05) is 0 Å². The van der Waals surface area contributed by atoms with Crippen molar-refractivity contribution in [1.29, 1.82) is 0 Å². The lowest BCUT2D eigenvalue weighted by Gasteiger charge is -2.40. The van der Waals surface area contributed by atoms with Crippen molar-refractivity contribution in [3.05, 3.63) is 89.3 Å². The molecule has 1 aliphatic rings. The van der Waals surface area contributed by atoms with Gasteiger partial charge in [-0.1, -0.05) is 62.9 Å². The Morgan fingerprint density at radius 2 is 1.80 bits per heavy atom. The first-order valence-corrected chi connectivity index (χ1v) is 11.2. The summed E-state index contributed by atoms with van der Waals surface area (Å²) in [6, 6.07) is 12.7. The van der Waals surface area contributed by atoms with Gasteiger partial charge in [0.1, 0.15) is 5.69 Å². The molecule has 2 heteroatoms. The maximum atomic E-state index is 11.5. The molecule has 1 aromatic heterocycles. The largest absolute Gasteiger partial charge is 0.293 e. The third-order valence-corrected chi connectivity index (χ3v) is 6.81. The Balaban J connectivity index is 1.70. The van der Waals surface area contributed by atoms with Gasteiger partial charge in [-0.3, -0.25) is 9.78 Å². The van der Waals surface area contributed by atoms with Crippen LogP contribution >= 0.6 is 0 Å². The van der Waals surface area contributed by atoms with Crippen molar-refractivity contribution in [2.24, 2.45) is 17.8 Å². The number of aryl methyl sites for hydroxylation is 1. The minimum Gasteiger partial charge on any atom is -0.293 e. The summed E-state index contributed by atoms with van der Waals surface area (Å²) >= 11 is 0. The predicted octanol–water partition coefficient (Wildman–Crippen LogP) is 7.10. The minimum atomic E-state index is 0.0219. The van der Waals surface area contributed by atoms with Crippen molar-refractivity contribution >= 4 is 5.78 Å². The summed E-state index contributed by atoms with van der Waals surface area (Å²) in [6.45, 7) is 17.2. The first kappa shape index (κ1) is 22.2. The van der Waals surface area contributed by atoms with E-state index < -0.39 is 0 Å². The molecular weight excluding hydrogens is 366 g/mol. The number of carbonyl (C=O) groups is 1. The van der Waals surface area contributed by atoms with E-state index in [1.54, 1.807) is 6.92 Å². The second-order valence-corrected chi connectivity index (χ2v) is 9.35. The van der Waals surface area contributed by atoms with E-state index in [2.05, 4.69) is 69.2 Å². The molecule has 0 N–H and O–H groups in total. The van der Waals surface area contributed by atoms with Crippen LogP contribution < -0.4 is 0 Å². The molecule has 1 saturated carbocycles. The zero-order valence-electron chi connectivity index (χ0n) is 18.9. The number of aromatic nitrogens is 1. The molecule has 1 fully saturated rings. The lowest BCUT2D eigenvalue weighted by atomic mass is 9.65. The highest BCUT2D eigenvalue weighted by Gasteiger charge is 2.35. The van der Waals surface area contributed by atoms with Gasteiger partial charge in [0.2, 0.25) is 0 Å². The number of hydrogen-bond acceptors (Lipinski definition) is 2. The van der Waals surface area contributed by atoms with E-state index >= 15 is 0 Å².